The Morgan fingerprint density at radius 1 is 0.533 bits per heavy atom. The van der Waals surface area contributed by atoms with E-state index in [9.17, 15) is 35.1 Å². The van der Waals surface area contributed by atoms with Crippen molar-refractivity contribution >= 4 is 11.9 Å². The zero-order valence-corrected chi connectivity index (χ0v) is 47.1. The molecule has 11 nitrogen and oxygen atoms in total. The number of ether oxygens (including phenoxy) is 3. The Kier molecular flexibility index (Phi) is 47.2. The number of allylic oxidation sites excluding steroid dienone is 17. The van der Waals surface area contributed by atoms with E-state index in [0.717, 1.165) is 96.3 Å². The van der Waals surface area contributed by atoms with Gasteiger partial charge in [-0.25, -0.2) is 0 Å². The Labute approximate surface area is 456 Å². The Morgan fingerprint density at radius 3 is 1.47 bits per heavy atom. The van der Waals surface area contributed by atoms with Gasteiger partial charge in [-0.15, -0.1) is 0 Å². The lowest BCUT2D eigenvalue weighted by molar-refractivity contribution is -0.305. The maximum Gasteiger partial charge on any atom is 0.306 e. The molecule has 0 aliphatic carbocycles. The average molecular weight is 1050 g/mol. The van der Waals surface area contributed by atoms with Gasteiger partial charge in [0.1, 0.15) is 24.4 Å². The van der Waals surface area contributed by atoms with E-state index in [1.807, 2.05) is 18.2 Å². The summed E-state index contributed by atoms with van der Waals surface area (Å²) in [5.74, 6) is -1.29. The Hall–Kier alpha value is -3.68. The molecule has 6 N–H and O–H groups in total. The van der Waals surface area contributed by atoms with Gasteiger partial charge in [0.05, 0.1) is 25.4 Å². The monoisotopic (exact) mass is 1050 g/mol. The highest BCUT2D eigenvalue weighted by Crippen LogP contribution is 2.26. The summed E-state index contributed by atoms with van der Waals surface area (Å²) in [5, 5.41) is 56.9. The summed E-state index contributed by atoms with van der Waals surface area (Å²) in [7, 11) is 0. The quantitative estimate of drug-likeness (QED) is 0.0195. The summed E-state index contributed by atoms with van der Waals surface area (Å²) >= 11 is 0. The number of rotatable bonds is 48. The zero-order chi connectivity index (χ0) is 54.7. The van der Waals surface area contributed by atoms with Crippen LogP contribution in [0.2, 0.25) is 0 Å². The molecule has 0 aromatic carbocycles. The van der Waals surface area contributed by atoms with Crippen molar-refractivity contribution in [2.75, 3.05) is 13.2 Å². The van der Waals surface area contributed by atoms with Crippen molar-refractivity contribution < 1.29 is 49.3 Å². The average Bonchev–Trinajstić information content (AvgIpc) is 3.41. The van der Waals surface area contributed by atoms with Crippen molar-refractivity contribution in [3.8, 4) is 0 Å². The molecule has 0 aromatic rings. The van der Waals surface area contributed by atoms with E-state index in [0.29, 0.717) is 19.3 Å². The lowest BCUT2D eigenvalue weighted by Gasteiger charge is -2.41. The second-order valence-electron chi connectivity index (χ2n) is 20.0. The highest BCUT2D eigenvalue weighted by atomic mass is 16.7. The van der Waals surface area contributed by atoms with Crippen molar-refractivity contribution in [3.63, 3.8) is 0 Å². The van der Waals surface area contributed by atoms with E-state index in [1.54, 1.807) is 6.08 Å². The molecule has 428 valence electrons. The fraction of sp³-hybridized carbons (Fsp3) is 0.688. The number of carbonyl (C=O) groups excluding carboxylic acids is 2. The minimum absolute atomic E-state index is 0.0366. The standard InChI is InChI=1S/C64H107NO10/c1-4-7-10-13-16-19-22-25-27-29-31-34-37-40-43-46-49-52-59(69)75-62-61(71)60(70)58(53-66)74-64(62)73-54-55(56(67)50-47-44-41-38-35-32-24-21-18-15-12-9-6-3)65-63(72)57(68)51-48-45-42-39-36-33-30-28-26-23-20-17-14-11-8-5-2/h7,10,16-17,19-20,25-28,31,33-34,36,40,43,47,50,55-58,60-62,64,66-68,70-71H,4-6,8-9,11-15,18,21-24,29-30,32,35,37-39,41-42,44-46,48-49,51-54H2,1-3H3,(H,65,72)/b10-7-,19-16-,20-17-,27-25-,28-26-,34-31-,36-33-,43-40-,50-47+. The van der Waals surface area contributed by atoms with Crippen molar-refractivity contribution in [3.05, 3.63) is 109 Å². The van der Waals surface area contributed by atoms with Gasteiger partial charge >= 0.3 is 5.97 Å². The summed E-state index contributed by atoms with van der Waals surface area (Å²) in [5.41, 5.74) is 0. The van der Waals surface area contributed by atoms with Crippen LogP contribution < -0.4 is 5.32 Å². The molecular formula is C64H107NO10. The zero-order valence-electron chi connectivity index (χ0n) is 47.1. The van der Waals surface area contributed by atoms with Crippen molar-refractivity contribution in [2.45, 2.75) is 269 Å². The maximum atomic E-state index is 13.4. The van der Waals surface area contributed by atoms with Crippen LogP contribution in [-0.4, -0.2) is 99.6 Å². The molecule has 1 rings (SSSR count). The van der Waals surface area contributed by atoms with E-state index < -0.39 is 67.4 Å². The van der Waals surface area contributed by atoms with Crippen molar-refractivity contribution in [2.24, 2.45) is 0 Å². The van der Waals surface area contributed by atoms with Gasteiger partial charge in [0.25, 0.3) is 0 Å². The number of hydrogen-bond acceptors (Lipinski definition) is 10. The third-order valence-electron chi connectivity index (χ3n) is 13.2. The third kappa shape index (κ3) is 39.4. The van der Waals surface area contributed by atoms with Gasteiger partial charge in [-0.2, -0.15) is 0 Å². The first-order valence-electron chi connectivity index (χ1n) is 29.7. The maximum absolute atomic E-state index is 13.4. The second-order valence-corrected chi connectivity index (χ2v) is 20.0. The summed E-state index contributed by atoms with van der Waals surface area (Å²) in [6, 6.07) is -1.05. The van der Waals surface area contributed by atoms with Crippen LogP contribution in [0.5, 0.6) is 0 Å². The van der Waals surface area contributed by atoms with Gasteiger partial charge < -0.3 is 45.1 Å². The molecule has 11 heteroatoms. The molecule has 0 saturated carbocycles. The highest BCUT2D eigenvalue weighted by molar-refractivity contribution is 5.80. The fourth-order valence-electron chi connectivity index (χ4n) is 8.46. The Balaban J connectivity index is 2.79. The lowest BCUT2D eigenvalue weighted by atomic mass is 9.99. The van der Waals surface area contributed by atoms with Crippen LogP contribution in [0.1, 0.15) is 220 Å². The van der Waals surface area contributed by atoms with Gasteiger partial charge in [0.2, 0.25) is 5.91 Å². The molecule has 1 heterocycles. The molecule has 8 atom stereocenters. The molecule has 8 unspecified atom stereocenters. The van der Waals surface area contributed by atoms with Crippen LogP contribution in [0.25, 0.3) is 0 Å². The molecule has 1 aliphatic rings. The number of unbranched alkanes of at least 4 members (excludes halogenated alkanes) is 18. The lowest BCUT2D eigenvalue weighted by Crippen LogP contribution is -2.61. The summed E-state index contributed by atoms with van der Waals surface area (Å²) < 4.78 is 17.5. The number of esters is 1. The minimum atomic E-state index is -1.65. The van der Waals surface area contributed by atoms with Gasteiger partial charge in [0, 0.05) is 6.42 Å². The predicted octanol–water partition coefficient (Wildman–Crippen LogP) is 13.7. The van der Waals surface area contributed by atoms with Gasteiger partial charge in [-0.1, -0.05) is 220 Å². The van der Waals surface area contributed by atoms with Crippen molar-refractivity contribution in [1.29, 1.82) is 0 Å². The first-order chi connectivity index (χ1) is 36.7. The van der Waals surface area contributed by atoms with Crippen LogP contribution in [0.4, 0.5) is 0 Å². The van der Waals surface area contributed by atoms with Crippen LogP contribution in [0, 0.1) is 0 Å². The molecule has 75 heavy (non-hydrogen) atoms. The molecular weight excluding hydrogens is 943 g/mol. The molecule has 0 radical (unpaired) electrons. The smallest absolute Gasteiger partial charge is 0.306 e. The van der Waals surface area contributed by atoms with Crippen LogP contribution >= 0.6 is 0 Å². The summed E-state index contributed by atoms with van der Waals surface area (Å²) in [4.78, 5) is 26.5. The van der Waals surface area contributed by atoms with Crippen molar-refractivity contribution in [1.82, 2.24) is 5.32 Å². The SMILES string of the molecule is CC/C=C\C/C=C\C/C=C\C/C=C\C/C=C\CCCC(=O)OC1C(OCC(NC(=O)C(O)CCCCC/C=C\C/C=C\C/C=C\CCCCC)C(O)/C=C/CCCCCCCCCCCCC)OC(CO)C(O)C1O. The van der Waals surface area contributed by atoms with Crippen LogP contribution in [-0.2, 0) is 23.8 Å². The largest absolute Gasteiger partial charge is 0.454 e. The fourth-order valence-corrected chi connectivity index (χ4v) is 8.46. The van der Waals surface area contributed by atoms with E-state index in [4.69, 9.17) is 14.2 Å². The molecule has 0 bridgehead atoms. The van der Waals surface area contributed by atoms with E-state index in [-0.39, 0.29) is 19.4 Å². The first-order valence-corrected chi connectivity index (χ1v) is 29.7. The molecule has 1 amide bonds. The number of amides is 1. The Bertz CT molecular complexity index is 1630. The van der Waals surface area contributed by atoms with Crippen LogP contribution in [0.15, 0.2) is 109 Å². The highest BCUT2D eigenvalue weighted by Gasteiger charge is 2.47. The Morgan fingerprint density at radius 2 is 0.960 bits per heavy atom. The summed E-state index contributed by atoms with van der Waals surface area (Å²) in [6.07, 6.45) is 58.4. The predicted molar refractivity (Wildman–Crippen MR) is 310 cm³/mol. The second kappa shape index (κ2) is 51.1. The molecule has 0 aromatic heterocycles. The molecule has 1 aliphatic heterocycles. The van der Waals surface area contributed by atoms with Gasteiger partial charge in [-0.3, -0.25) is 9.59 Å². The topological polar surface area (TPSA) is 175 Å². The molecule has 0 spiro atoms. The van der Waals surface area contributed by atoms with Crippen LogP contribution in [0.3, 0.4) is 0 Å². The van der Waals surface area contributed by atoms with E-state index in [2.05, 4.69) is 111 Å². The third-order valence-corrected chi connectivity index (χ3v) is 13.2. The minimum Gasteiger partial charge on any atom is -0.454 e. The number of hydrogen-bond donors (Lipinski definition) is 6. The normalized spacial score (nSPS) is 20.0. The number of nitrogens with one attached hydrogen (secondary N) is 1. The molecule has 1 saturated heterocycles. The first kappa shape index (κ1) is 69.3. The van der Waals surface area contributed by atoms with E-state index in [1.165, 1.54) is 70.6 Å². The summed E-state index contributed by atoms with van der Waals surface area (Å²) in [6.45, 7) is 5.58. The number of carbonyl (C=O) groups is 2. The number of aliphatic hydroxyl groups excluding tert-OH is 5. The van der Waals surface area contributed by atoms with E-state index >= 15 is 0 Å². The van der Waals surface area contributed by atoms with Gasteiger partial charge in [-0.05, 0) is 103 Å². The van der Waals surface area contributed by atoms with Gasteiger partial charge in [0.15, 0.2) is 12.4 Å². The number of aliphatic hydroxyl groups is 5. The molecule has 1 fully saturated rings.